The Morgan fingerprint density at radius 2 is 1.59 bits per heavy atom. The molecule has 1 N–H and O–H groups in total. The largest absolute Gasteiger partial charge is 0.493 e. The maximum absolute atomic E-state index is 11.7. The molecular weight excluding hydrogens is 446 g/mol. The molecule has 0 radical (unpaired) electrons. The van der Waals surface area contributed by atoms with Gasteiger partial charge in [0.15, 0.2) is 0 Å². The van der Waals surface area contributed by atoms with Gasteiger partial charge in [0.25, 0.3) is 5.24 Å². The molecule has 0 spiro atoms. The summed E-state index contributed by atoms with van der Waals surface area (Å²) in [5.41, 5.74) is 2.05. The standard InChI is InChI=1S/C25H22ClNO4S/c26-19-8-12-21(13-9-19)31-22(18-4-2-1-3-5-18)14-15-30-20-10-6-17(7-11-20)16-23-24(28)27-25(29)32-23/h1-13,22-23H,14-16H2,(H,27,28,29)/t22-,23?/m0/s1. The van der Waals surface area contributed by atoms with E-state index in [4.69, 9.17) is 21.1 Å². The highest BCUT2D eigenvalue weighted by Gasteiger charge is 2.31. The number of nitrogens with one attached hydrogen (secondary N) is 1. The lowest BCUT2D eigenvalue weighted by atomic mass is 10.1. The first kappa shape index (κ1) is 22.2. The molecule has 4 rings (SSSR count). The second kappa shape index (κ2) is 10.6. The number of carbonyl (C=O) groups is 2. The van der Waals surface area contributed by atoms with Crippen LogP contribution in [0.5, 0.6) is 11.5 Å². The topological polar surface area (TPSA) is 64.6 Å². The van der Waals surface area contributed by atoms with E-state index in [0.717, 1.165) is 34.4 Å². The number of halogens is 1. The lowest BCUT2D eigenvalue weighted by Gasteiger charge is -2.20. The van der Waals surface area contributed by atoms with Crippen LogP contribution in [0.1, 0.15) is 23.7 Å². The average Bonchev–Trinajstić information content (AvgIpc) is 3.12. The molecule has 1 unspecified atom stereocenters. The molecule has 1 aliphatic heterocycles. The van der Waals surface area contributed by atoms with Gasteiger partial charge in [-0.05, 0) is 53.9 Å². The van der Waals surface area contributed by atoms with E-state index >= 15 is 0 Å². The minimum atomic E-state index is -0.370. The van der Waals surface area contributed by atoms with Gasteiger partial charge in [-0.15, -0.1) is 0 Å². The Bertz CT molecular complexity index is 1060. The minimum absolute atomic E-state index is 0.160. The smallest absolute Gasteiger partial charge is 0.286 e. The number of amides is 2. The van der Waals surface area contributed by atoms with Gasteiger partial charge in [0, 0.05) is 11.4 Å². The van der Waals surface area contributed by atoms with Gasteiger partial charge in [0.2, 0.25) is 5.91 Å². The van der Waals surface area contributed by atoms with Crippen molar-refractivity contribution in [2.45, 2.75) is 24.2 Å². The predicted molar refractivity (Wildman–Crippen MR) is 126 cm³/mol. The SMILES string of the molecule is O=C1NC(=O)C(Cc2ccc(OCC[C@H](Oc3ccc(Cl)cc3)c3ccccc3)cc2)S1. The molecule has 0 aliphatic carbocycles. The third kappa shape index (κ3) is 6.05. The summed E-state index contributed by atoms with van der Waals surface area (Å²) in [6, 6.07) is 25.0. The van der Waals surface area contributed by atoms with Crippen LogP contribution in [0, 0.1) is 0 Å². The van der Waals surface area contributed by atoms with E-state index in [1.807, 2.05) is 66.7 Å². The third-order valence-corrected chi connectivity index (χ3v) is 6.26. The second-order valence-electron chi connectivity index (χ2n) is 7.34. The fraction of sp³-hybridized carbons (Fsp3) is 0.200. The number of hydrogen-bond donors (Lipinski definition) is 1. The molecule has 1 heterocycles. The highest BCUT2D eigenvalue weighted by Crippen LogP contribution is 2.27. The Labute approximate surface area is 196 Å². The van der Waals surface area contributed by atoms with Gasteiger partial charge in [-0.1, -0.05) is 65.8 Å². The molecule has 164 valence electrons. The van der Waals surface area contributed by atoms with Gasteiger partial charge in [-0.25, -0.2) is 0 Å². The average molecular weight is 468 g/mol. The van der Waals surface area contributed by atoms with Crippen molar-refractivity contribution in [2.24, 2.45) is 0 Å². The Kier molecular flexibility index (Phi) is 7.35. The Hall–Kier alpha value is -2.96. The molecule has 0 saturated carbocycles. The van der Waals surface area contributed by atoms with Gasteiger partial charge in [-0.2, -0.15) is 0 Å². The lowest BCUT2D eigenvalue weighted by molar-refractivity contribution is -0.118. The van der Waals surface area contributed by atoms with Gasteiger partial charge in [0.1, 0.15) is 17.6 Å². The summed E-state index contributed by atoms with van der Waals surface area (Å²) in [5.74, 6) is 1.26. The van der Waals surface area contributed by atoms with Crippen LogP contribution in [0.15, 0.2) is 78.9 Å². The first-order valence-electron chi connectivity index (χ1n) is 10.3. The van der Waals surface area contributed by atoms with Crippen LogP contribution in [-0.4, -0.2) is 23.0 Å². The van der Waals surface area contributed by atoms with Crippen molar-refractivity contribution in [3.63, 3.8) is 0 Å². The zero-order valence-corrected chi connectivity index (χ0v) is 18.8. The van der Waals surface area contributed by atoms with Gasteiger partial charge < -0.3 is 9.47 Å². The van der Waals surface area contributed by atoms with Crippen LogP contribution in [-0.2, 0) is 11.2 Å². The van der Waals surface area contributed by atoms with Crippen molar-refractivity contribution < 1.29 is 19.1 Å². The van der Waals surface area contributed by atoms with Gasteiger partial charge >= 0.3 is 0 Å². The monoisotopic (exact) mass is 467 g/mol. The maximum Gasteiger partial charge on any atom is 0.286 e. The van der Waals surface area contributed by atoms with E-state index in [2.05, 4.69) is 5.32 Å². The molecule has 1 saturated heterocycles. The Morgan fingerprint density at radius 3 is 2.25 bits per heavy atom. The van der Waals surface area contributed by atoms with Crippen LogP contribution >= 0.6 is 23.4 Å². The summed E-state index contributed by atoms with van der Waals surface area (Å²) in [7, 11) is 0. The molecule has 32 heavy (non-hydrogen) atoms. The van der Waals surface area contributed by atoms with Crippen LogP contribution in [0.4, 0.5) is 4.79 Å². The second-order valence-corrected chi connectivity index (χ2v) is 8.95. The molecule has 2 amide bonds. The number of imide groups is 1. The number of benzene rings is 3. The van der Waals surface area contributed by atoms with Crippen molar-refractivity contribution in [1.82, 2.24) is 5.32 Å². The van der Waals surface area contributed by atoms with E-state index in [-0.39, 0.29) is 22.5 Å². The highest BCUT2D eigenvalue weighted by molar-refractivity contribution is 8.15. The predicted octanol–water partition coefficient (Wildman–Crippen LogP) is 5.82. The zero-order chi connectivity index (χ0) is 22.3. The summed E-state index contributed by atoms with van der Waals surface area (Å²) in [6.45, 7) is 0.474. The van der Waals surface area contributed by atoms with E-state index in [0.29, 0.717) is 24.5 Å². The molecule has 1 aliphatic rings. The molecule has 5 nitrogen and oxygen atoms in total. The number of thioether (sulfide) groups is 1. The Morgan fingerprint density at radius 1 is 0.906 bits per heavy atom. The van der Waals surface area contributed by atoms with Gasteiger partial charge in [0.05, 0.1) is 11.9 Å². The molecule has 3 aromatic rings. The van der Waals surface area contributed by atoms with Crippen molar-refractivity contribution in [3.05, 3.63) is 95.0 Å². The number of carbonyl (C=O) groups excluding carboxylic acids is 2. The van der Waals surface area contributed by atoms with Crippen molar-refractivity contribution in [2.75, 3.05) is 6.61 Å². The summed E-state index contributed by atoms with van der Waals surface area (Å²) >= 11 is 7.01. The number of ether oxygens (including phenoxy) is 2. The first-order chi connectivity index (χ1) is 15.6. The fourth-order valence-corrected chi connectivity index (χ4v) is 4.37. The van der Waals surface area contributed by atoms with Crippen LogP contribution < -0.4 is 14.8 Å². The normalized spacial score (nSPS) is 16.5. The van der Waals surface area contributed by atoms with Crippen molar-refractivity contribution >= 4 is 34.5 Å². The quantitative estimate of drug-likeness (QED) is 0.429. The fourth-order valence-electron chi connectivity index (χ4n) is 3.39. The molecular formula is C25H22ClNO4S. The van der Waals surface area contributed by atoms with E-state index in [1.54, 1.807) is 12.1 Å². The van der Waals surface area contributed by atoms with Crippen LogP contribution in [0.25, 0.3) is 0 Å². The van der Waals surface area contributed by atoms with E-state index < -0.39 is 0 Å². The Balaban J connectivity index is 1.33. The van der Waals surface area contributed by atoms with E-state index in [1.165, 1.54) is 0 Å². The van der Waals surface area contributed by atoms with Crippen molar-refractivity contribution in [3.8, 4) is 11.5 Å². The molecule has 0 aromatic heterocycles. The molecule has 1 fully saturated rings. The summed E-state index contributed by atoms with van der Waals surface area (Å²) in [4.78, 5) is 23.0. The summed E-state index contributed by atoms with van der Waals surface area (Å²) in [6.07, 6.45) is 1.01. The van der Waals surface area contributed by atoms with Crippen LogP contribution in [0.3, 0.4) is 0 Å². The molecule has 2 atom stereocenters. The number of rotatable bonds is 9. The van der Waals surface area contributed by atoms with Crippen LogP contribution in [0.2, 0.25) is 5.02 Å². The summed E-state index contributed by atoms with van der Waals surface area (Å²) < 4.78 is 12.1. The molecule has 0 bridgehead atoms. The third-order valence-electron chi connectivity index (χ3n) is 5.02. The first-order valence-corrected chi connectivity index (χ1v) is 11.5. The van der Waals surface area contributed by atoms with Crippen molar-refractivity contribution in [1.29, 1.82) is 0 Å². The van der Waals surface area contributed by atoms with E-state index in [9.17, 15) is 9.59 Å². The zero-order valence-electron chi connectivity index (χ0n) is 17.2. The minimum Gasteiger partial charge on any atom is -0.493 e. The highest BCUT2D eigenvalue weighted by atomic mass is 35.5. The summed E-state index contributed by atoms with van der Waals surface area (Å²) in [5, 5.41) is 2.33. The number of hydrogen-bond acceptors (Lipinski definition) is 5. The lowest BCUT2D eigenvalue weighted by Crippen LogP contribution is -2.25. The molecule has 3 aromatic carbocycles. The molecule has 7 heteroatoms. The van der Waals surface area contributed by atoms with Gasteiger partial charge in [-0.3, -0.25) is 14.9 Å². The maximum atomic E-state index is 11.7.